The van der Waals surface area contributed by atoms with E-state index in [1.807, 2.05) is 42.5 Å². The summed E-state index contributed by atoms with van der Waals surface area (Å²) in [7, 11) is 0. The molecule has 0 bridgehead atoms. The average Bonchev–Trinajstić information content (AvgIpc) is 2.66. The number of carbonyl (C=O) groups is 2. The van der Waals surface area contributed by atoms with E-state index in [9.17, 15) is 19.8 Å². The molecule has 138 valence electrons. The molecule has 0 radical (unpaired) electrons. The number of hydrogen-bond donors (Lipinski definition) is 2. The summed E-state index contributed by atoms with van der Waals surface area (Å²) in [4.78, 5) is 25.6. The Morgan fingerprint density at radius 3 is 1.85 bits per heavy atom. The van der Waals surface area contributed by atoms with Crippen molar-refractivity contribution in [1.82, 2.24) is 0 Å². The van der Waals surface area contributed by atoms with Crippen LogP contribution in [0.4, 0.5) is 0 Å². The number of ketones is 2. The van der Waals surface area contributed by atoms with Gasteiger partial charge in [0.15, 0.2) is 11.6 Å². The second kappa shape index (κ2) is 7.03. The molecule has 0 atom stereocenters. The largest absolute Gasteiger partial charge is 0.512 e. The molecule has 4 nitrogen and oxygen atoms in total. The third kappa shape index (κ3) is 3.05. The van der Waals surface area contributed by atoms with Gasteiger partial charge in [0, 0.05) is 42.7 Å². The van der Waals surface area contributed by atoms with Crippen molar-refractivity contribution in [3.05, 3.63) is 70.7 Å². The van der Waals surface area contributed by atoms with Crippen molar-refractivity contribution in [3.8, 4) is 0 Å². The summed E-state index contributed by atoms with van der Waals surface area (Å²) in [6.45, 7) is 0. The fraction of sp³-hybridized carbons (Fsp3) is 0.304. The molecular formula is C23H22O4. The van der Waals surface area contributed by atoms with E-state index in [1.54, 1.807) is 0 Å². The quantitative estimate of drug-likeness (QED) is 0.801. The predicted octanol–water partition coefficient (Wildman–Crippen LogP) is 5.05. The summed E-state index contributed by atoms with van der Waals surface area (Å²) < 4.78 is 0. The van der Waals surface area contributed by atoms with Crippen LogP contribution in [0.1, 0.15) is 50.0 Å². The Balaban J connectivity index is 2.02. The molecule has 2 aliphatic carbocycles. The monoisotopic (exact) mass is 362 g/mol. The van der Waals surface area contributed by atoms with Crippen LogP contribution in [-0.4, -0.2) is 21.8 Å². The third-order valence-corrected chi connectivity index (χ3v) is 5.57. The van der Waals surface area contributed by atoms with Gasteiger partial charge < -0.3 is 10.2 Å². The Kier molecular flexibility index (Phi) is 4.56. The third-order valence-electron chi connectivity index (χ3n) is 5.57. The van der Waals surface area contributed by atoms with Crippen molar-refractivity contribution >= 4 is 22.3 Å². The molecule has 2 aliphatic rings. The van der Waals surface area contributed by atoms with Gasteiger partial charge in [-0.3, -0.25) is 9.59 Å². The number of fused-ring (bicyclic) bond motifs is 1. The minimum Gasteiger partial charge on any atom is -0.512 e. The molecule has 2 aromatic rings. The van der Waals surface area contributed by atoms with E-state index in [1.165, 1.54) is 0 Å². The van der Waals surface area contributed by atoms with Crippen molar-refractivity contribution in [2.45, 2.75) is 44.4 Å². The number of rotatable bonds is 3. The number of aliphatic hydroxyl groups is 2. The van der Waals surface area contributed by atoms with Crippen LogP contribution in [0, 0.1) is 0 Å². The highest BCUT2D eigenvalue weighted by molar-refractivity contribution is 6.06. The van der Waals surface area contributed by atoms with Crippen LogP contribution in [0.3, 0.4) is 0 Å². The van der Waals surface area contributed by atoms with Gasteiger partial charge in [0.25, 0.3) is 0 Å². The second-order valence-electron chi connectivity index (χ2n) is 7.28. The molecule has 0 saturated heterocycles. The standard InChI is InChI=1S/C23H22O4/c24-17-10-4-11-18(25)22(17)21(23-19(26)12-5-13-20(23)27)16-9-3-7-14-6-1-2-8-15(14)16/h1-3,6-9,21,24,26H,4-5,10-13H2. The summed E-state index contributed by atoms with van der Waals surface area (Å²) in [6, 6.07) is 13.5. The van der Waals surface area contributed by atoms with Gasteiger partial charge in [-0.2, -0.15) is 0 Å². The molecule has 0 saturated carbocycles. The first-order valence-corrected chi connectivity index (χ1v) is 9.46. The molecule has 0 heterocycles. The number of hydrogen-bond acceptors (Lipinski definition) is 4. The van der Waals surface area contributed by atoms with E-state index in [0.29, 0.717) is 38.5 Å². The van der Waals surface area contributed by atoms with Crippen molar-refractivity contribution in [2.24, 2.45) is 0 Å². The summed E-state index contributed by atoms with van der Waals surface area (Å²) in [5, 5.41) is 23.1. The number of aliphatic hydroxyl groups excluding tert-OH is 2. The van der Waals surface area contributed by atoms with Crippen molar-refractivity contribution in [3.63, 3.8) is 0 Å². The Labute approximate surface area is 157 Å². The summed E-state index contributed by atoms with van der Waals surface area (Å²) in [6.07, 6.45) is 2.76. The highest BCUT2D eigenvalue weighted by Gasteiger charge is 2.37. The van der Waals surface area contributed by atoms with Gasteiger partial charge in [-0.15, -0.1) is 0 Å². The fourth-order valence-corrected chi connectivity index (χ4v) is 4.31. The lowest BCUT2D eigenvalue weighted by Crippen LogP contribution is -2.25. The van der Waals surface area contributed by atoms with E-state index < -0.39 is 5.92 Å². The van der Waals surface area contributed by atoms with Gasteiger partial charge >= 0.3 is 0 Å². The van der Waals surface area contributed by atoms with Gasteiger partial charge in [0.2, 0.25) is 0 Å². The molecule has 0 aliphatic heterocycles. The minimum absolute atomic E-state index is 0.0443. The highest BCUT2D eigenvalue weighted by atomic mass is 16.3. The topological polar surface area (TPSA) is 74.6 Å². The number of benzene rings is 2. The average molecular weight is 362 g/mol. The highest BCUT2D eigenvalue weighted by Crippen LogP contribution is 2.43. The summed E-state index contributed by atoms with van der Waals surface area (Å²) in [5.41, 5.74) is 1.32. The Morgan fingerprint density at radius 1 is 0.704 bits per heavy atom. The zero-order chi connectivity index (χ0) is 19.0. The smallest absolute Gasteiger partial charge is 0.163 e. The SMILES string of the molecule is O=C1CCCC(O)=C1C(C1=C(O)CCCC1=O)c1cccc2ccccc12. The van der Waals surface area contributed by atoms with E-state index >= 15 is 0 Å². The van der Waals surface area contributed by atoms with E-state index in [0.717, 1.165) is 16.3 Å². The molecular weight excluding hydrogens is 340 g/mol. The fourth-order valence-electron chi connectivity index (χ4n) is 4.31. The molecule has 27 heavy (non-hydrogen) atoms. The van der Waals surface area contributed by atoms with Crippen molar-refractivity contribution < 1.29 is 19.8 Å². The van der Waals surface area contributed by atoms with Gasteiger partial charge in [0.05, 0.1) is 11.5 Å². The zero-order valence-corrected chi connectivity index (χ0v) is 15.1. The predicted molar refractivity (Wildman–Crippen MR) is 104 cm³/mol. The van der Waals surface area contributed by atoms with E-state index in [2.05, 4.69) is 0 Å². The maximum absolute atomic E-state index is 12.8. The van der Waals surface area contributed by atoms with E-state index in [4.69, 9.17) is 0 Å². The first kappa shape index (κ1) is 17.5. The lowest BCUT2D eigenvalue weighted by Gasteiger charge is -2.29. The number of carbonyl (C=O) groups excluding carboxylic acids is 2. The van der Waals surface area contributed by atoms with Crippen LogP contribution in [0.2, 0.25) is 0 Å². The molecule has 2 aromatic carbocycles. The lowest BCUT2D eigenvalue weighted by molar-refractivity contribution is -0.117. The molecule has 4 rings (SSSR count). The van der Waals surface area contributed by atoms with Gasteiger partial charge in [0.1, 0.15) is 0 Å². The van der Waals surface area contributed by atoms with Crippen LogP contribution in [-0.2, 0) is 9.59 Å². The first-order chi connectivity index (χ1) is 13.1. The molecule has 4 heteroatoms. The molecule has 0 aromatic heterocycles. The van der Waals surface area contributed by atoms with Crippen LogP contribution >= 0.6 is 0 Å². The van der Waals surface area contributed by atoms with Crippen LogP contribution in [0.5, 0.6) is 0 Å². The Morgan fingerprint density at radius 2 is 1.26 bits per heavy atom. The zero-order valence-electron chi connectivity index (χ0n) is 15.1. The van der Waals surface area contributed by atoms with E-state index in [-0.39, 0.29) is 34.2 Å². The minimum atomic E-state index is -0.725. The first-order valence-electron chi connectivity index (χ1n) is 9.46. The second-order valence-corrected chi connectivity index (χ2v) is 7.28. The lowest BCUT2D eigenvalue weighted by atomic mass is 9.73. The Bertz CT molecular complexity index is 949. The Hall–Kier alpha value is -2.88. The van der Waals surface area contributed by atoms with Crippen LogP contribution < -0.4 is 0 Å². The van der Waals surface area contributed by atoms with Gasteiger partial charge in [-0.05, 0) is 29.2 Å². The van der Waals surface area contributed by atoms with Crippen LogP contribution in [0.15, 0.2) is 65.1 Å². The molecule has 2 N–H and O–H groups in total. The normalized spacial score (nSPS) is 18.7. The molecule has 0 spiro atoms. The molecule has 0 amide bonds. The van der Waals surface area contributed by atoms with Gasteiger partial charge in [-0.1, -0.05) is 42.5 Å². The maximum atomic E-state index is 12.8. The number of Topliss-reactive ketones (excluding diaryl/α,β-unsaturated/α-hetero) is 2. The van der Waals surface area contributed by atoms with Gasteiger partial charge in [-0.25, -0.2) is 0 Å². The van der Waals surface area contributed by atoms with Crippen molar-refractivity contribution in [1.29, 1.82) is 0 Å². The van der Waals surface area contributed by atoms with Crippen LogP contribution in [0.25, 0.3) is 10.8 Å². The summed E-state index contributed by atoms with van der Waals surface area (Å²) >= 11 is 0. The summed E-state index contributed by atoms with van der Waals surface area (Å²) in [5.74, 6) is -0.923. The molecule has 0 unspecified atom stereocenters. The van der Waals surface area contributed by atoms with Crippen molar-refractivity contribution in [2.75, 3.05) is 0 Å². The molecule has 0 fully saturated rings. The maximum Gasteiger partial charge on any atom is 0.163 e. The number of allylic oxidation sites excluding steroid dienone is 4.